The molecule has 3 N–H and O–H groups in total. The first-order valence-electron chi connectivity index (χ1n) is 8.23. The van der Waals surface area contributed by atoms with Crippen LogP contribution in [0, 0.1) is 0 Å². The maximum Gasteiger partial charge on any atom is 0.547 e. The maximum absolute atomic E-state index is 12.1. The summed E-state index contributed by atoms with van der Waals surface area (Å²) in [6.07, 6.45) is 2.44. The van der Waals surface area contributed by atoms with Gasteiger partial charge in [0.2, 0.25) is 5.91 Å². The predicted molar refractivity (Wildman–Crippen MR) is 97.5 cm³/mol. The number of rotatable bonds is 5. The molecular weight excluding hydrogens is 349 g/mol. The van der Waals surface area contributed by atoms with Crippen molar-refractivity contribution in [3.05, 3.63) is 77.4 Å². The molecule has 2 aromatic rings. The summed E-state index contributed by atoms with van der Waals surface area (Å²) in [7, 11) is -1.40. The molecule has 1 amide bonds. The number of carboxylic acids is 1. The molecule has 3 rings (SSSR count). The Balaban J connectivity index is 1.67. The lowest BCUT2D eigenvalue weighted by atomic mass is 9.72. The summed E-state index contributed by atoms with van der Waals surface area (Å²) >= 11 is 0. The molecule has 0 aromatic heterocycles. The van der Waals surface area contributed by atoms with Crippen LogP contribution in [-0.4, -0.2) is 40.8 Å². The smallest absolute Gasteiger partial charge is 0.534 e. The lowest BCUT2D eigenvalue weighted by Crippen LogP contribution is -2.52. The second-order valence-corrected chi connectivity index (χ2v) is 5.99. The molecule has 1 aliphatic heterocycles. The quantitative estimate of drug-likeness (QED) is 0.418. The molecule has 1 unspecified atom stereocenters. The van der Waals surface area contributed by atoms with E-state index in [1.807, 2.05) is 0 Å². The number of hydrogen-bond donors (Lipinski definition) is 3. The largest absolute Gasteiger partial charge is 0.547 e. The molecule has 1 atom stereocenters. The first-order valence-corrected chi connectivity index (χ1v) is 8.23. The van der Waals surface area contributed by atoms with Crippen LogP contribution in [0.2, 0.25) is 0 Å². The van der Waals surface area contributed by atoms with Gasteiger partial charge in [0.25, 0.3) is 0 Å². The van der Waals surface area contributed by atoms with Gasteiger partial charge >= 0.3 is 13.1 Å². The van der Waals surface area contributed by atoms with Crippen molar-refractivity contribution in [2.75, 3.05) is 0 Å². The standard InChI is InChI=1S/C19H16BNO6/c22-15(12-5-2-1-3-6-12)9-10-17(23)21-16-11-13-7-4-8-14(19(24)25)18(13)27-20(16)26/h1-10,16,26H,11H2,(H,21,23)(H,24,25)/b10-9+. The third-order valence-corrected chi connectivity index (χ3v) is 4.12. The summed E-state index contributed by atoms with van der Waals surface area (Å²) in [5.41, 5.74) is 0.970. The molecule has 0 aliphatic carbocycles. The molecule has 0 fully saturated rings. The lowest BCUT2D eigenvalue weighted by molar-refractivity contribution is -0.116. The summed E-state index contributed by atoms with van der Waals surface area (Å²) in [6.45, 7) is 0. The number of fused-ring (bicyclic) bond motifs is 1. The summed E-state index contributed by atoms with van der Waals surface area (Å²) in [4.78, 5) is 35.3. The van der Waals surface area contributed by atoms with Gasteiger partial charge in [0, 0.05) is 11.6 Å². The Bertz CT molecular complexity index is 912. The van der Waals surface area contributed by atoms with Crippen LogP contribution in [0.5, 0.6) is 5.75 Å². The molecule has 0 saturated carbocycles. The fourth-order valence-corrected chi connectivity index (χ4v) is 2.80. The second kappa shape index (κ2) is 7.88. The summed E-state index contributed by atoms with van der Waals surface area (Å²) in [6, 6.07) is 13.1. The van der Waals surface area contributed by atoms with Crippen molar-refractivity contribution in [2.24, 2.45) is 0 Å². The number of ketones is 1. The first-order chi connectivity index (χ1) is 13.0. The Labute approximate surface area is 155 Å². The predicted octanol–water partition coefficient (Wildman–Crippen LogP) is 1.26. The summed E-state index contributed by atoms with van der Waals surface area (Å²) in [5.74, 6) is -2.72. The highest BCUT2D eigenvalue weighted by Gasteiger charge is 2.37. The van der Waals surface area contributed by atoms with Crippen LogP contribution in [-0.2, 0) is 11.2 Å². The zero-order chi connectivity index (χ0) is 19.4. The van der Waals surface area contributed by atoms with E-state index in [2.05, 4.69) is 5.32 Å². The van der Waals surface area contributed by atoms with E-state index < -0.39 is 24.9 Å². The number of nitrogens with one attached hydrogen (secondary N) is 1. The molecule has 7 nitrogen and oxygen atoms in total. The van der Waals surface area contributed by atoms with E-state index in [-0.39, 0.29) is 23.5 Å². The number of carboxylic acid groups (broad SMARTS) is 1. The van der Waals surface area contributed by atoms with E-state index in [0.717, 1.165) is 12.2 Å². The van der Waals surface area contributed by atoms with Crippen LogP contribution in [0.1, 0.15) is 26.3 Å². The highest BCUT2D eigenvalue weighted by molar-refractivity contribution is 6.47. The number of allylic oxidation sites excluding steroid dienone is 1. The van der Waals surface area contributed by atoms with Crippen LogP contribution in [0.3, 0.4) is 0 Å². The summed E-state index contributed by atoms with van der Waals surface area (Å²) in [5, 5.41) is 21.9. The number of hydrogen-bond acceptors (Lipinski definition) is 5. The van der Waals surface area contributed by atoms with Gasteiger partial charge in [-0.05, 0) is 24.1 Å². The number of aromatic carboxylic acids is 1. The molecule has 136 valence electrons. The Hall–Kier alpha value is -3.39. The summed E-state index contributed by atoms with van der Waals surface area (Å²) < 4.78 is 5.30. The van der Waals surface area contributed by atoms with Gasteiger partial charge in [-0.15, -0.1) is 0 Å². The SMILES string of the molecule is O=C(/C=C/C(=O)c1ccccc1)NC1Cc2cccc(C(=O)O)c2OB1O. The molecule has 0 radical (unpaired) electrons. The van der Waals surface area contributed by atoms with Crippen molar-refractivity contribution in [3.8, 4) is 5.75 Å². The maximum atomic E-state index is 12.1. The third kappa shape index (κ3) is 4.24. The molecule has 0 bridgehead atoms. The second-order valence-electron chi connectivity index (χ2n) is 5.99. The Morgan fingerprint density at radius 3 is 2.52 bits per heavy atom. The van der Waals surface area contributed by atoms with Crippen molar-refractivity contribution in [3.63, 3.8) is 0 Å². The van der Waals surface area contributed by atoms with Crippen LogP contribution >= 0.6 is 0 Å². The Morgan fingerprint density at radius 1 is 1.07 bits per heavy atom. The number of amides is 1. The van der Waals surface area contributed by atoms with Gasteiger partial charge in [-0.1, -0.05) is 42.5 Å². The van der Waals surface area contributed by atoms with E-state index in [4.69, 9.17) is 4.65 Å². The molecular formula is C19H16BNO6. The number of carbonyl (C=O) groups is 3. The lowest BCUT2D eigenvalue weighted by Gasteiger charge is -2.28. The van der Waals surface area contributed by atoms with Gasteiger partial charge < -0.3 is 20.1 Å². The fraction of sp³-hybridized carbons (Fsp3) is 0.105. The molecule has 2 aromatic carbocycles. The van der Waals surface area contributed by atoms with Crippen molar-refractivity contribution in [1.82, 2.24) is 5.32 Å². The minimum absolute atomic E-state index is 0.0512. The van der Waals surface area contributed by atoms with E-state index in [1.165, 1.54) is 6.07 Å². The van der Waals surface area contributed by atoms with Gasteiger partial charge in [-0.25, -0.2) is 4.79 Å². The van der Waals surface area contributed by atoms with Crippen molar-refractivity contribution >= 4 is 24.8 Å². The first kappa shape index (κ1) is 18.4. The monoisotopic (exact) mass is 365 g/mol. The van der Waals surface area contributed by atoms with E-state index in [0.29, 0.717) is 11.1 Å². The zero-order valence-corrected chi connectivity index (χ0v) is 14.2. The molecule has 0 saturated heterocycles. The minimum Gasteiger partial charge on any atom is -0.534 e. The fourth-order valence-electron chi connectivity index (χ4n) is 2.80. The van der Waals surface area contributed by atoms with Gasteiger partial charge in [-0.3, -0.25) is 9.59 Å². The average molecular weight is 365 g/mol. The topological polar surface area (TPSA) is 113 Å². The zero-order valence-electron chi connectivity index (χ0n) is 14.2. The van der Waals surface area contributed by atoms with E-state index in [1.54, 1.807) is 42.5 Å². The number of benzene rings is 2. The average Bonchev–Trinajstić information content (AvgIpc) is 2.66. The minimum atomic E-state index is -1.40. The molecule has 8 heteroatoms. The highest BCUT2D eigenvalue weighted by Crippen LogP contribution is 2.30. The van der Waals surface area contributed by atoms with E-state index in [9.17, 15) is 24.5 Å². The van der Waals surface area contributed by atoms with Gasteiger partial charge in [0.15, 0.2) is 5.78 Å². The van der Waals surface area contributed by atoms with Gasteiger partial charge in [-0.2, -0.15) is 0 Å². The van der Waals surface area contributed by atoms with E-state index >= 15 is 0 Å². The Kier molecular flexibility index (Phi) is 5.37. The van der Waals surface area contributed by atoms with Gasteiger partial charge in [0.05, 0.1) is 11.5 Å². The highest BCUT2D eigenvalue weighted by atomic mass is 16.5. The molecule has 27 heavy (non-hydrogen) atoms. The molecule has 1 heterocycles. The van der Waals surface area contributed by atoms with Crippen LogP contribution in [0.15, 0.2) is 60.7 Å². The number of para-hydroxylation sites is 1. The molecule has 0 spiro atoms. The third-order valence-electron chi connectivity index (χ3n) is 4.12. The van der Waals surface area contributed by atoms with Crippen LogP contribution < -0.4 is 9.97 Å². The molecule has 1 aliphatic rings. The number of carbonyl (C=O) groups excluding carboxylic acids is 2. The van der Waals surface area contributed by atoms with Crippen molar-refractivity contribution in [1.29, 1.82) is 0 Å². The van der Waals surface area contributed by atoms with Gasteiger partial charge in [0.1, 0.15) is 5.75 Å². The van der Waals surface area contributed by atoms with Crippen LogP contribution in [0.25, 0.3) is 0 Å². The van der Waals surface area contributed by atoms with Crippen LogP contribution in [0.4, 0.5) is 0 Å². The Morgan fingerprint density at radius 2 is 1.81 bits per heavy atom. The van der Waals surface area contributed by atoms with Crippen molar-refractivity contribution in [2.45, 2.75) is 12.4 Å². The van der Waals surface area contributed by atoms with Crippen molar-refractivity contribution < 1.29 is 29.2 Å². The normalized spacial score (nSPS) is 15.7.